The van der Waals surface area contributed by atoms with Gasteiger partial charge in [-0.25, -0.2) is 30.6 Å². The van der Waals surface area contributed by atoms with Crippen LogP contribution in [0.4, 0.5) is 5.69 Å². The molecule has 0 saturated carbocycles. The summed E-state index contributed by atoms with van der Waals surface area (Å²) >= 11 is 23.4. The number of hydrogen-bond acceptors (Lipinski definition) is 11. The summed E-state index contributed by atoms with van der Waals surface area (Å²) in [6.07, 6.45) is 9.03. The monoisotopic (exact) mass is 2040 g/mol. The molecule has 0 atom stereocenters. The third kappa shape index (κ3) is 27.5. The van der Waals surface area contributed by atoms with E-state index in [1.165, 1.54) is 45.5 Å². The zero-order chi connectivity index (χ0) is 97.7. The van der Waals surface area contributed by atoms with Crippen LogP contribution in [0.15, 0.2) is 236 Å². The minimum Gasteiger partial charge on any atom is -1.00 e. The Morgan fingerprint density at radius 1 is 0.301 bits per heavy atom. The van der Waals surface area contributed by atoms with Crippen LogP contribution >= 0.6 is 58.0 Å². The number of aromatic nitrogens is 12. The molecule has 17 nitrogen and oxygen atoms in total. The molecule has 6 heterocycles. The van der Waals surface area contributed by atoms with E-state index >= 15 is 0 Å². The molecular weight excluding hydrogens is 1920 g/mol. The fourth-order valence-corrected chi connectivity index (χ4v) is 16.5. The summed E-state index contributed by atoms with van der Waals surface area (Å²) in [6.45, 7) is 50.9. The predicted molar refractivity (Wildman–Crippen MR) is 562 cm³/mol. The molecular formula is C109H129B2Cl6N13O4Zn2. The average molecular weight is 2050 g/mol. The summed E-state index contributed by atoms with van der Waals surface area (Å²) < 4.78 is 12.9. The quantitative estimate of drug-likeness (QED) is 0.0220. The van der Waals surface area contributed by atoms with Crippen LogP contribution in [-0.4, -0.2) is 120 Å². The van der Waals surface area contributed by atoms with Crippen LogP contribution in [0.2, 0.25) is 0 Å². The number of rotatable bonds is 21. The number of halogens is 6. The van der Waals surface area contributed by atoms with Crippen LogP contribution in [0.25, 0.3) is 78.7 Å². The Bertz CT molecular complexity index is 5550. The normalized spacial score (nSPS) is 12.6. The van der Waals surface area contributed by atoms with Crippen molar-refractivity contribution in [1.29, 1.82) is 0 Å². The van der Waals surface area contributed by atoms with E-state index in [-0.39, 0.29) is 62.0 Å². The van der Waals surface area contributed by atoms with E-state index in [2.05, 4.69) is 352 Å². The molecule has 0 spiro atoms. The maximum absolute atomic E-state index is 12.5. The Kier molecular flexibility index (Phi) is 41.5. The number of ketones is 4. The second-order valence-corrected chi connectivity index (χ2v) is 40.2. The smallest absolute Gasteiger partial charge is 1.00 e. The second kappa shape index (κ2) is 49.8. The first-order chi connectivity index (χ1) is 62.9. The Balaban J connectivity index is 0.000000268. The number of benzene rings is 7. The zero-order valence-electron chi connectivity index (χ0n) is 84.0. The number of carbonyl (C=O) groups is 4. The largest absolute Gasteiger partial charge is 2.00 e. The number of carbonyl (C=O) groups excluding carboxylic acids is 4. The molecule has 2 aliphatic carbocycles. The van der Waals surface area contributed by atoms with Crippen molar-refractivity contribution in [2.75, 3.05) is 29.7 Å². The molecule has 0 amide bonds. The number of hydrogen-bond donors (Lipinski definition) is 0. The molecule has 0 aliphatic heterocycles. The van der Waals surface area contributed by atoms with Gasteiger partial charge in [-0.3, -0.25) is 25.6 Å². The Labute approximate surface area is 864 Å². The van der Waals surface area contributed by atoms with E-state index in [1.54, 1.807) is 12.2 Å². The van der Waals surface area contributed by atoms with Crippen LogP contribution in [0, 0.1) is 58.8 Å². The summed E-state index contributed by atoms with van der Waals surface area (Å²) in [4.78, 5) is 51.9. The minimum atomic E-state index is -1.61. The van der Waals surface area contributed by atoms with E-state index < -0.39 is 48.2 Å². The molecule has 27 heteroatoms. The van der Waals surface area contributed by atoms with Crippen molar-refractivity contribution in [2.24, 2.45) is 10.8 Å². The maximum atomic E-state index is 12.5. The number of alkyl halides is 4. The SMILES string of the molecule is CN(C)c1cc(C2=CC(=O)C(=O)C(C(C)(C)C)=C2)cc(C2=CC(=O)C(=O)C(C(C)(C)C)=C2)c1.Cc1cc(-c2ccc(C(C)C)cc2)nn1[BH-](n1nc(-c2ccc(C(C)C)cc2)cc1C)n1nc(-c2ccc(C(C)C)cc2)cc1C.Cc1cc(-c2ccc(C(C)C)cc2)nn1[BH-](n1nc(-c2ccc(C(C)C)cc2)cc1C)n1nc(-c2ccc(C(C)C)cc2)cc1C.ClCCl.ClCCl.[CH2-]Cl.[Cl-].[Zn+2].[Zn+2]. The van der Waals surface area contributed by atoms with Crippen LogP contribution in [0.1, 0.15) is 239 Å². The van der Waals surface area contributed by atoms with Crippen molar-refractivity contribution in [3.8, 4) is 67.5 Å². The fraction of sp³-hybridized carbons (Fsp3) is 0.330. The van der Waals surface area contributed by atoms with E-state index in [9.17, 15) is 19.2 Å². The molecule has 0 radical (unpaired) electrons. The first-order valence-electron chi connectivity index (χ1n) is 45.6. The summed E-state index contributed by atoms with van der Waals surface area (Å²) in [5.41, 5.74) is 30.4. The Morgan fingerprint density at radius 3 is 0.618 bits per heavy atom. The standard InChI is InChI=1S/2C39H46BN6.C28H31NO4.2CH2Cl2.CH2Cl.ClH.2Zn/c2*1-25(2)31-10-16-34(17-11-31)37-22-28(7)44(41-37)40(45-29(8)23-38(42-45)35-18-12-32(13-19-35)26(3)4)46-30(9)24-39(43-46)36-20-14-33(15-21-36)27(5)6;1-27(2,3)21-12-18(14-23(30)25(21)32)16-9-17(11-20(10-16)29(7)8)19-13-22(28(4,5)6)26(33)24(31)15-19;2*2-1-3;1-2;;;/h2*10-27,40H,1-9H3;9-15H,1-8H3;2*1H2;1H2;1H;;/q2*-1;;;;-1;;2*+2/p-1. The molecule has 706 valence electrons. The van der Waals surface area contributed by atoms with Gasteiger partial charge in [0.05, 0.1) is 44.8 Å². The van der Waals surface area contributed by atoms with Crippen LogP contribution < -0.4 is 17.3 Å². The molecule has 0 bridgehead atoms. The molecule has 15 rings (SSSR count). The van der Waals surface area contributed by atoms with Crippen LogP contribution in [-0.2, 0) is 58.1 Å². The van der Waals surface area contributed by atoms with Gasteiger partial charge >= 0.3 is 53.2 Å². The van der Waals surface area contributed by atoms with E-state index in [4.69, 9.17) is 77.0 Å². The number of anilines is 1. The first-order valence-corrected chi connectivity index (χ1v) is 48.3. The van der Waals surface area contributed by atoms with Gasteiger partial charge in [0.25, 0.3) is 0 Å². The Morgan fingerprint density at radius 2 is 0.471 bits per heavy atom. The maximum Gasteiger partial charge on any atom is 2.00 e. The van der Waals surface area contributed by atoms with Crippen molar-refractivity contribution in [1.82, 2.24) is 58.1 Å². The topological polar surface area (TPSA) is 178 Å². The molecule has 2 aliphatic rings. The molecule has 0 fully saturated rings. The Hall–Kier alpha value is -9.64. The third-order valence-electron chi connectivity index (χ3n) is 24.6. The van der Waals surface area contributed by atoms with Gasteiger partial charge in [0.1, 0.15) is 0 Å². The fourth-order valence-electron chi connectivity index (χ4n) is 16.5. The predicted octanol–water partition coefficient (Wildman–Crippen LogP) is 24.1. The van der Waals surface area contributed by atoms with Crippen LogP contribution in [0.3, 0.4) is 0 Å². The molecule has 136 heavy (non-hydrogen) atoms. The zero-order valence-corrected chi connectivity index (χ0v) is 94.5. The van der Waals surface area contributed by atoms with E-state index in [1.807, 2.05) is 78.7 Å². The summed E-state index contributed by atoms with van der Waals surface area (Å²) in [6, 6.07) is 71.6. The van der Waals surface area contributed by atoms with E-state index in [0.717, 1.165) is 119 Å². The summed E-state index contributed by atoms with van der Waals surface area (Å²) in [7, 11) is 0.589. The summed E-state index contributed by atoms with van der Waals surface area (Å²) in [5, 5.41) is 31.9. The molecule has 0 N–H and O–H groups in total. The van der Waals surface area contributed by atoms with Crippen molar-refractivity contribution >= 4 is 112 Å². The third-order valence-corrected chi connectivity index (χ3v) is 24.6. The van der Waals surface area contributed by atoms with Gasteiger partial charge in [0, 0.05) is 64.3 Å². The van der Waals surface area contributed by atoms with Crippen molar-refractivity contribution in [2.45, 2.75) is 202 Å². The van der Waals surface area contributed by atoms with Gasteiger partial charge in [-0.1, -0.05) is 270 Å². The van der Waals surface area contributed by atoms with Gasteiger partial charge < -0.3 is 56.5 Å². The molecule has 0 saturated heterocycles. The number of nitrogens with zero attached hydrogens (tertiary/aromatic N) is 13. The van der Waals surface area contributed by atoms with Gasteiger partial charge in [0.2, 0.25) is 23.1 Å². The average Bonchev–Trinajstić information content (AvgIpc) is 1.11. The summed E-state index contributed by atoms with van der Waals surface area (Å²) in [5.74, 6) is 0.874. The first kappa shape index (κ1) is 113. The van der Waals surface area contributed by atoms with E-state index in [0.29, 0.717) is 57.8 Å². The van der Waals surface area contributed by atoms with Gasteiger partial charge in [0.15, 0.2) is 0 Å². The van der Waals surface area contributed by atoms with Gasteiger partial charge in [-0.2, -0.15) is 0 Å². The van der Waals surface area contributed by atoms with Crippen molar-refractivity contribution in [3.63, 3.8) is 0 Å². The van der Waals surface area contributed by atoms with Crippen molar-refractivity contribution < 1.29 is 70.5 Å². The molecule has 13 aromatic rings. The number of Topliss-reactive ketones (excluding diaryl/α,β-unsaturated/α-hetero) is 2. The number of allylic oxidation sites excluding steroid dienone is 8. The minimum absolute atomic E-state index is 0. The number of aryl methyl sites for hydroxylation is 6. The van der Waals surface area contributed by atoms with Crippen molar-refractivity contribution in [3.05, 3.63) is 321 Å². The molecule has 0 unspecified atom stereocenters. The molecule has 7 aromatic carbocycles. The second-order valence-electron chi connectivity index (χ2n) is 38.6. The van der Waals surface area contributed by atoms with Gasteiger partial charge in [-0.15, -0.1) is 46.4 Å². The van der Waals surface area contributed by atoms with Gasteiger partial charge in [-0.05, 0) is 257 Å². The van der Waals surface area contributed by atoms with Crippen LogP contribution in [0.5, 0.6) is 0 Å². The molecule has 6 aromatic heterocycles.